The van der Waals surface area contributed by atoms with Crippen LogP contribution in [0.2, 0.25) is 0 Å². The third-order valence-corrected chi connectivity index (χ3v) is 4.05. The molecule has 2 rings (SSSR count). The minimum atomic E-state index is -1.87. The number of hydrogen-bond donors (Lipinski definition) is 0. The van der Waals surface area contributed by atoms with Crippen molar-refractivity contribution in [1.29, 1.82) is 0 Å². The van der Waals surface area contributed by atoms with Crippen molar-refractivity contribution < 1.29 is 8.85 Å². The van der Waals surface area contributed by atoms with Gasteiger partial charge in [-0.15, -0.1) is 0 Å². The molecule has 2 aromatic carbocycles. The summed E-state index contributed by atoms with van der Waals surface area (Å²) in [6.45, 7) is 1.97. The van der Waals surface area contributed by atoms with Crippen LogP contribution in [0.4, 0.5) is 0 Å². The Morgan fingerprint density at radius 2 is 1.22 bits per heavy atom. The van der Waals surface area contributed by atoms with Crippen LogP contribution in [0.1, 0.15) is 6.92 Å². The lowest BCUT2D eigenvalue weighted by atomic mass is 10.3. The predicted octanol–water partition coefficient (Wildman–Crippen LogP) is 3.48. The Kier molecular flexibility index (Phi) is 4.61. The van der Waals surface area contributed by atoms with Crippen molar-refractivity contribution >= 4 is 9.28 Å². The second kappa shape index (κ2) is 6.66. The molecule has 92 valence electrons. The first-order valence-corrected chi connectivity index (χ1v) is 7.55. The summed E-state index contributed by atoms with van der Waals surface area (Å²) in [6, 6.07) is 19.5. The lowest BCUT2D eigenvalue weighted by Gasteiger charge is -2.15. The molecule has 0 radical (unpaired) electrons. The van der Waals surface area contributed by atoms with Crippen molar-refractivity contribution in [3.8, 4) is 11.5 Å². The van der Waals surface area contributed by atoms with Gasteiger partial charge in [0.15, 0.2) is 0 Å². The summed E-state index contributed by atoms with van der Waals surface area (Å²) in [4.78, 5) is 0. The zero-order valence-electron chi connectivity index (χ0n) is 10.3. The van der Waals surface area contributed by atoms with Gasteiger partial charge in [0.2, 0.25) is 0 Å². The van der Waals surface area contributed by atoms with Crippen LogP contribution in [0.25, 0.3) is 0 Å². The average Bonchev–Trinajstić information content (AvgIpc) is 2.41. The summed E-state index contributed by atoms with van der Waals surface area (Å²) in [5.41, 5.74) is 2.01. The third-order valence-electron chi connectivity index (χ3n) is 2.34. The third kappa shape index (κ3) is 3.78. The van der Waals surface area contributed by atoms with E-state index in [0.29, 0.717) is 0 Å². The smallest absolute Gasteiger partial charge is 0.471 e. The molecular formula is C15H16O2Si. The highest BCUT2D eigenvalue weighted by Crippen LogP contribution is 2.14. The number of allylic oxidation sites excluding steroid dienone is 1. The molecule has 2 aromatic rings. The molecule has 0 bridgehead atoms. The van der Waals surface area contributed by atoms with Crippen molar-refractivity contribution in [3.63, 3.8) is 0 Å². The van der Waals surface area contributed by atoms with Gasteiger partial charge in [0.05, 0.1) is 0 Å². The molecular weight excluding hydrogens is 240 g/mol. The van der Waals surface area contributed by atoms with Gasteiger partial charge in [-0.05, 0) is 36.9 Å². The van der Waals surface area contributed by atoms with Gasteiger partial charge >= 0.3 is 9.28 Å². The Balaban J connectivity index is 2.05. The van der Waals surface area contributed by atoms with Gasteiger partial charge in [0.1, 0.15) is 11.5 Å². The van der Waals surface area contributed by atoms with E-state index in [0.717, 1.165) is 11.5 Å². The number of rotatable bonds is 5. The second-order valence-electron chi connectivity index (χ2n) is 3.76. The van der Waals surface area contributed by atoms with Crippen LogP contribution >= 0.6 is 0 Å². The van der Waals surface area contributed by atoms with Gasteiger partial charge in [-0.1, -0.05) is 42.5 Å². The molecule has 18 heavy (non-hydrogen) atoms. The zero-order chi connectivity index (χ0) is 12.6. The van der Waals surface area contributed by atoms with Crippen molar-refractivity contribution in [2.24, 2.45) is 0 Å². The van der Waals surface area contributed by atoms with Crippen LogP contribution in [0.3, 0.4) is 0 Å². The van der Waals surface area contributed by atoms with E-state index in [4.69, 9.17) is 8.85 Å². The first kappa shape index (κ1) is 12.5. The molecule has 2 nitrogen and oxygen atoms in total. The maximum atomic E-state index is 5.89. The fraction of sp³-hybridized carbons (Fsp3) is 0.0667. The minimum absolute atomic E-state index is 0.850. The summed E-state index contributed by atoms with van der Waals surface area (Å²) in [7, 11) is -1.87. The summed E-state index contributed by atoms with van der Waals surface area (Å²) in [6.07, 6.45) is 1.97. The molecule has 0 aromatic heterocycles. The largest absolute Gasteiger partial charge is 0.511 e. The van der Waals surface area contributed by atoms with E-state index in [2.05, 4.69) is 0 Å². The Labute approximate surface area is 109 Å². The fourth-order valence-corrected chi connectivity index (χ4v) is 2.90. The first-order valence-electron chi connectivity index (χ1n) is 5.95. The summed E-state index contributed by atoms with van der Waals surface area (Å²) in [5, 5.41) is 0. The molecule has 0 saturated carbocycles. The van der Waals surface area contributed by atoms with Crippen molar-refractivity contribution in [1.82, 2.24) is 0 Å². The zero-order valence-corrected chi connectivity index (χ0v) is 11.5. The van der Waals surface area contributed by atoms with E-state index in [9.17, 15) is 0 Å². The van der Waals surface area contributed by atoms with Crippen molar-refractivity contribution in [3.05, 3.63) is 72.4 Å². The monoisotopic (exact) mass is 256 g/mol. The molecule has 0 fully saturated rings. The fourth-order valence-electron chi connectivity index (χ4n) is 1.53. The van der Waals surface area contributed by atoms with Crippen LogP contribution in [-0.4, -0.2) is 9.28 Å². The molecule has 0 saturated heterocycles. The summed E-state index contributed by atoms with van der Waals surface area (Å²) >= 11 is 0. The first-order chi connectivity index (χ1) is 8.88. The van der Waals surface area contributed by atoms with Gasteiger partial charge in [0.25, 0.3) is 0 Å². The Morgan fingerprint density at radius 1 is 0.778 bits per heavy atom. The number of hydrogen-bond acceptors (Lipinski definition) is 2. The maximum absolute atomic E-state index is 5.89. The van der Waals surface area contributed by atoms with E-state index >= 15 is 0 Å². The van der Waals surface area contributed by atoms with Crippen molar-refractivity contribution in [2.45, 2.75) is 6.92 Å². The topological polar surface area (TPSA) is 18.5 Å². The highest BCUT2D eigenvalue weighted by atomic mass is 28.3. The van der Waals surface area contributed by atoms with E-state index in [1.165, 1.54) is 0 Å². The molecule has 0 heterocycles. The normalized spacial score (nSPS) is 10.8. The standard InChI is InChI=1S/C15H16O2Si/c1-2-13-18(16-14-9-5-3-6-10-14)17-15-11-7-4-8-12-15/h2-13,18H,1H3. The lowest BCUT2D eigenvalue weighted by molar-refractivity contribution is 0.437. The Hall–Kier alpha value is -2.00. The molecule has 0 unspecified atom stereocenters. The Morgan fingerprint density at radius 3 is 1.61 bits per heavy atom. The van der Waals surface area contributed by atoms with E-state index < -0.39 is 9.28 Å². The van der Waals surface area contributed by atoms with Crippen LogP contribution in [0.5, 0.6) is 11.5 Å². The van der Waals surface area contributed by atoms with E-state index in [1.807, 2.05) is 79.4 Å². The highest BCUT2D eigenvalue weighted by molar-refractivity contribution is 6.52. The van der Waals surface area contributed by atoms with Crippen LogP contribution in [0, 0.1) is 0 Å². The maximum Gasteiger partial charge on any atom is 0.471 e. The molecule has 0 aliphatic carbocycles. The molecule has 3 heteroatoms. The molecule has 0 aliphatic rings. The predicted molar refractivity (Wildman–Crippen MR) is 76.1 cm³/mol. The SMILES string of the molecule is CC=C[SiH](Oc1ccccc1)Oc1ccccc1. The number of para-hydroxylation sites is 2. The van der Waals surface area contributed by atoms with Gasteiger partial charge in [-0.3, -0.25) is 0 Å². The minimum Gasteiger partial charge on any atom is -0.511 e. The highest BCUT2D eigenvalue weighted by Gasteiger charge is 2.12. The molecule has 0 N–H and O–H groups in total. The molecule has 0 amide bonds. The van der Waals surface area contributed by atoms with E-state index in [1.54, 1.807) is 0 Å². The van der Waals surface area contributed by atoms with Gasteiger partial charge in [-0.25, -0.2) is 0 Å². The van der Waals surface area contributed by atoms with Gasteiger partial charge in [-0.2, -0.15) is 0 Å². The van der Waals surface area contributed by atoms with Crippen LogP contribution < -0.4 is 8.85 Å². The van der Waals surface area contributed by atoms with Crippen molar-refractivity contribution in [2.75, 3.05) is 0 Å². The van der Waals surface area contributed by atoms with E-state index in [-0.39, 0.29) is 0 Å². The summed E-state index contributed by atoms with van der Waals surface area (Å²) < 4.78 is 11.8. The Bertz CT molecular complexity index is 441. The van der Waals surface area contributed by atoms with Crippen LogP contribution in [-0.2, 0) is 0 Å². The van der Waals surface area contributed by atoms with Crippen LogP contribution in [0.15, 0.2) is 72.4 Å². The quantitative estimate of drug-likeness (QED) is 0.763. The average molecular weight is 256 g/mol. The lowest BCUT2D eigenvalue weighted by Crippen LogP contribution is -2.27. The molecule has 0 atom stereocenters. The van der Waals surface area contributed by atoms with Gasteiger partial charge < -0.3 is 8.85 Å². The summed E-state index contributed by atoms with van der Waals surface area (Å²) in [5.74, 6) is 1.70. The molecule has 0 spiro atoms. The second-order valence-corrected chi connectivity index (χ2v) is 5.35. The molecule has 0 aliphatic heterocycles. The van der Waals surface area contributed by atoms with Gasteiger partial charge in [0, 0.05) is 0 Å². The number of benzene rings is 2.